The summed E-state index contributed by atoms with van der Waals surface area (Å²) in [4.78, 5) is 15.0. The number of hydrogen-bond acceptors (Lipinski definition) is 6. The van der Waals surface area contributed by atoms with Crippen molar-refractivity contribution in [3.63, 3.8) is 0 Å². The fraction of sp³-hybridized carbons (Fsp3) is 0.391. The van der Waals surface area contributed by atoms with Crippen molar-refractivity contribution in [2.75, 3.05) is 26.3 Å². The van der Waals surface area contributed by atoms with E-state index in [1.54, 1.807) is 11.0 Å². The van der Waals surface area contributed by atoms with Crippen LogP contribution in [0.15, 0.2) is 60.9 Å². The van der Waals surface area contributed by atoms with Crippen molar-refractivity contribution in [1.29, 1.82) is 0 Å². The average molecular weight is 422 g/mol. The van der Waals surface area contributed by atoms with E-state index in [4.69, 9.17) is 4.74 Å². The second-order valence-electron chi connectivity index (χ2n) is 8.10. The molecule has 0 saturated carbocycles. The van der Waals surface area contributed by atoms with Crippen LogP contribution in [0.4, 0.5) is 0 Å². The zero-order chi connectivity index (χ0) is 21.5. The minimum absolute atomic E-state index is 0.00419. The number of ether oxygens (including phenoxy) is 1. The maximum absolute atomic E-state index is 13.1. The number of amides is 1. The van der Waals surface area contributed by atoms with Crippen molar-refractivity contribution < 1.29 is 14.6 Å². The van der Waals surface area contributed by atoms with Gasteiger partial charge in [0.1, 0.15) is 12.1 Å². The molecule has 1 aliphatic heterocycles. The van der Waals surface area contributed by atoms with E-state index in [1.165, 1.54) is 0 Å². The smallest absolute Gasteiger partial charge is 0.253 e. The molecule has 0 spiro atoms. The third kappa shape index (κ3) is 5.27. The van der Waals surface area contributed by atoms with Crippen LogP contribution < -0.4 is 4.74 Å². The normalized spacial score (nSPS) is 18.7. The lowest BCUT2D eigenvalue weighted by atomic mass is 9.78. The van der Waals surface area contributed by atoms with Gasteiger partial charge in [-0.2, -0.15) is 0 Å². The maximum atomic E-state index is 13.1. The number of para-hydroxylation sites is 1. The predicted molar refractivity (Wildman–Crippen MR) is 115 cm³/mol. The molecule has 8 heteroatoms. The number of piperidine rings is 1. The number of tetrazole rings is 1. The van der Waals surface area contributed by atoms with Gasteiger partial charge in [-0.15, -0.1) is 5.10 Å². The van der Waals surface area contributed by atoms with Crippen LogP contribution >= 0.6 is 0 Å². The van der Waals surface area contributed by atoms with Gasteiger partial charge in [-0.3, -0.25) is 4.79 Å². The summed E-state index contributed by atoms with van der Waals surface area (Å²) >= 11 is 0. The highest BCUT2D eigenvalue weighted by Crippen LogP contribution is 2.34. The maximum Gasteiger partial charge on any atom is 0.253 e. The van der Waals surface area contributed by atoms with Gasteiger partial charge in [-0.25, -0.2) is 4.68 Å². The summed E-state index contributed by atoms with van der Waals surface area (Å²) in [7, 11) is 0. The molecule has 8 nitrogen and oxygen atoms in total. The highest BCUT2D eigenvalue weighted by atomic mass is 16.5. The molecule has 2 aromatic carbocycles. The van der Waals surface area contributed by atoms with Gasteiger partial charge in [0.25, 0.3) is 5.91 Å². The summed E-state index contributed by atoms with van der Waals surface area (Å²) in [6, 6.07) is 17.2. The molecule has 1 N–H and O–H groups in total. The van der Waals surface area contributed by atoms with Crippen LogP contribution in [-0.2, 0) is 6.54 Å². The van der Waals surface area contributed by atoms with Gasteiger partial charge in [0.05, 0.1) is 19.8 Å². The lowest BCUT2D eigenvalue weighted by Crippen LogP contribution is -2.48. The number of carbonyl (C=O) groups excluding carboxylic acids is 1. The Labute approximate surface area is 181 Å². The molecular formula is C23H27N5O3. The molecule has 31 heavy (non-hydrogen) atoms. The molecule has 1 aromatic heterocycles. The van der Waals surface area contributed by atoms with E-state index in [0.717, 1.165) is 24.2 Å². The molecule has 0 unspecified atom stereocenters. The molecule has 1 aliphatic rings. The van der Waals surface area contributed by atoms with Crippen LogP contribution in [-0.4, -0.2) is 62.4 Å². The summed E-state index contributed by atoms with van der Waals surface area (Å²) in [6.07, 6.45) is 4.02. The first-order valence-corrected chi connectivity index (χ1v) is 10.6. The quantitative estimate of drug-likeness (QED) is 0.600. The van der Waals surface area contributed by atoms with E-state index in [2.05, 4.69) is 15.5 Å². The van der Waals surface area contributed by atoms with Gasteiger partial charge in [0.2, 0.25) is 0 Å². The second-order valence-corrected chi connectivity index (χ2v) is 8.10. The zero-order valence-corrected chi connectivity index (χ0v) is 17.4. The largest absolute Gasteiger partial charge is 0.494 e. The molecule has 0 radical (unpaired) electrons. The Hall–Kier alpha value is -3.26. The molecule has 1 atom stereocenters. The summed E-state index contributed by atoms with van der Waals surface area (Å²) in [5, 5.41) is 21.3. The lowest BCUT2D eigenvalue weighted by molar-refractivity contribution is 0.0156. The van der Waals surface area contributed by atoms with E-state index in [9.17, 15) is 9.90 Å². The Bertz CT molecular complexity index is 963. The fourth-order valence-corrected chi connectivity index (χ4v) is 4.07. The third-order valence-electron chi connectivity index (χ3n) is 5.87. The second kappa shape index (κ2) is 9.70. The molecule has 1 amide bonds. The van der Waals surface area contributed by atoms with Crippen LogP contribution in [0.1, 0.15) is 35.2 Å². The Morgan fingerprint density at radius 2 is 1.94 bits per heavy atom. The minimum atomic E-state index is -0.331. The predicted octanol–water partition coefficient (Wildman–Crippen LogP) is 2.41. The molecule has 4 rings (SSSR count). The topological polar surface area (TPSA) is 93.4 Å². The number of likely N-dealkylation sites (tertiary alicyclic amines) is 1. The van der Waals surface area contributed by atoms with Crippen molar-refractivity contribution in [2.45, 2.75) is 25.8 Å². The Balaban J connectivity index is 1.36. The third-order valence-corrected chi connectivity index (χ3v) is 5.87. The molecule has 1 fully saturated rings. The summed E-state index contributed by atoms with van der Waals surface area (Å²) in [5.41, 5.74) is 1.34. The van der Waals surface area contributed by atoms with E-state index in [0.29, 0.717) is 38.2 Å². The highest BCUT2D eigenvalue weighted by molar-refractivity contribution is 5.94. The molecule has 0 bridgehead atoms. The van der Waals surface area contributed by atoms with Crippen molar-refractivity contribution in [1.82, 2.24) is 25.1 Å². The summed E-state index contributed by atoms with van der Waals surface area (Å²) < 4.78 is 7.48. The molecule has 0 aliphatic carbocycles. The van der Waals surface area contributed by atoms with Crippen molar-refractivity contribution in [3.8, 4) is 5.75 Å². The van der Waals surface area contributed by atoms with Gasteiger partial charge < -0.3 is 14.7 Å². The monoisotopic (exact) mass is 421 g/mol. The van der Waals surface area contributed by atoms with Crippen LogP contribution in [0, 0.1) is 5.41 Å². The number of nitrogens with zero attached hydrogens (tertiary/aromatic N) is 5. The molecule has 162 valence electrons. The number of hydrogen-bond donors (Lipinski definition) is 1. The van der Waals surface area contributed by atoms with Gasteiger partial charge in [0.15, 0.2) is 0 Å². The molecule has 1 saturated heterocycles. The highest BCUT2D eigenvalue weighted by Gasteiger charge is 2.37. The van der Waals surface area contributed by atoms with Crippen LogP contribution in [0.3, 0.4) is 0 Å². The minimum Gasteiger partial charge on any atom is -0.494 e. The number of carbonyl (C=O) groups is 1. The number of benzene rings is 2. The molecular weight excluding hydrogens is 394 g/mol. The van der Waals surface area contributed by atoms with Crippen LogP contribution in [0.2, 0.25) is 0 Å². The molecule has 3 aromatic rings. The first-order chi connectivity index (χ1) is 15.2. The first kappa shape index (κ1) is 21.0. The van der Waals surface area contributed by atoms with Crippen LogP contribution in [0.25, 0.3) is 0 Å². The SMILES string of the molecule is O=C(c1ccc(Cn2cnnn2)cc1)N1CCC[C@@](CO)(CCOc2ccccc2)C1. The Morgan fingerprint density at radius 1 is 1.13 bits per heavy atom. The first-order valence-electron chi connectivity index (χ1n) is 10.6. The Morgan fingerprint density at radius 3 is 2.65 bits per heavy atom. The summed E-state index contributed by atoms with van der Waals surface area (Å²) in [6.45, 7) is 2.35. The number of rotatable bonds is 8. The van der Waals surface area contributed by atoms with Gasteiger partial charge in [0, 0.05) is 24.1 Å². The van der Waals surface area contributed by atoms with E-state index < -0.39 is 0 Å². The van der Waals surface area contributed by atoms with Crippen molar-refractivity contribution in [2.24, 2.45) is 5.41 Å². The molecule has 2 heterocycles. The van der Waals surface area contributed by atoms with E-state index in [1.807, 2.05) is 59.5 Å². The zero-order valence-electron chi connectivity index (χ0n) is 17.4. The van der Waals surface area contributed by atoms with E-state index >= 15 is 0 Å². The van der Waals surface area contributed by atoms with Crippen molar-refractivity contribution in [3.05, 3.63) is 72.1 Å². The van der Waals surface area contributed by atoms with Gasteiger partial charge in [-0.1, -0.05) is 30.3 Å². The summed E-state index contributed by atoms with van der Waals surface area (Å²) in [5.74, 6) is 0.816. The van der Waals surface area contributed by atoms with Crippen molar-refractivity contribution >= 4 is 5.91 Å². The fourth-order valence-electron chi connectivity index (χ4n) is 4.07. The van der Waals surface area contributed by atoms with E-state index in [-0.39, 0.29) is 17.9 Å². The standard InChI is InChI=1S/C23H27N5O3/c29-17-23(12-14-31-21-5-2-1-3-6-21)11-4-13-27(16-23)22(30)20-9-7-19(8-10-20)15-28-18-24-25-26-28/h1-3,5-10,18,29H,4,11-17H2/t23-/m1/s1. The number of aromatic nitrogens is 4. The lowest BCUT2D eigenvalue weighted by Gasteiger charge is -2.42. The van der Waals surface area contributed by atoms with Crippen LogP contribution in [0.5, 0.6) is 5.75 Å². The average Bonchev–Trinajstić information content (AvgIpc) is 3.33. The Kier molecular flexibility index (Phi) is 6.57. The van der Waals surface area contributed by atoms with Gasteiger partial charge in [-0.05, 0) is 59.5 Å². The van der Waals surface area contributed by atoms with Gasteiger partial charge >= 0.3 is 0 Å². The number of aliphatic hydroxyl groups excluding tert-OH is 1. The number of aliphatic hydroxyl groups is 1.